The Morgan fingerprint density at radius 1 is 1.40 bits per heavy atom. The van der Waals surface area contributed by atoms with Crippen LogP contribution in [0.4, 0.5) is 0 Å². The second-order valence-electron chi connectivity index (χ2n) is 4.37. The van der Waals surface area contributed by atoms with Crippen molar-refractivity contribution in [2.45, 2.75) is 24.9 Å². The lowest BCUT2D eigenvalue weighted by atomic mass is 10.2. The minimum Gasteiger partial charge on any atom is -0.480 e. The molecule has 0 aromatic carbocycles. The van der Waals surface area contributed by atoms with Crippen LogP contribution in [0, 0.1) is 13.8 Å². The fraction of sp³-hybridized carbons (Fsp3) is 0.500. The monoisotopic (exact) mass is 313 g/mol. The molecule has 8 heteroatoms. The van der Waals surface area contributed by atoms with Gasteiger partial charge in [-0.25, -0.2) is 14.8 Å². The maximum Gasteiger partial charge on any atom is 0.327 e. The Kier molecular flexibility index (Phi) is 4.54. The van der Waals surface area contributed by atoms with Crippen LogP contribution in [-0.4, -0.2) is 55.8 Å². The lowest BCUT2D eigenvalue weighted by Gasteiger charge is -2.22. The normalized spacial score (nSPS) is 18.4. The third-order valence-corrected chi connectivity index (χ3v) is 4.70. The van der Waals surface area contributed by atoms with Crippen molar-refractivity contribution in [2.24, 2.45) is 0 Å². The van der Waals surface area contributed by atoms with E-state index in [-0.39, 0.29) is 5.91 Å². The maximum atomic E-state index is 12.6. The molecule has 1 fully saturated rings. The van der Waals surface area contributed by atoms with Gasteiger partial charge in [-0.05, 0) is 20.1 Å². The highest BCUT2D eigenvalue weighted by molar-refractivity contribution is 7.99. The minimum atomic E-state index is -0.972. The van der Waals surface area contributed by atoms with E-state index in [9.17, 15) is 14.7 Å². The van der Waals surface area contributed by atoms with Gasteiger partial charge in [0.05, 0.1) is 17.1 Å². The standard InChI is InChI=1S/C12H15N3O3S2/c1-6-9(10(19-3)14-7(2)13-6)11(16)15-5-20-4-8(15)12(17)18/h8H,4-5H2,1-3H3,(H,17,18). The Bertz CT molecular complexity index is 565. The topological polar surface area (TPSA) is 83.4 Å². The van der Waals surface area contributed by atoms with Crippen molar-refractivity contribution < 1.29 is 14.7 Å². The summed E-state index contributed by atoms with van der Waals surface area (Å²) < 4.78 is 0. The van der Waals surface area contributed by atoms with Crippen molar-refractivity contribution in [3.63, 3.8) is 0 Å². The molecule has 20 heavy (non-hydrogen) atoms. The van der Waals surface area contributed by atoms with Gasteiger partial charge in [-0.3, -0.25) is 4.79 Å². The zero-order chi connectivity index (χ0) is 14.9. The van der Waals surface area contributed by atoms with Gasteiger partial charge in [0, 0.05) is 5.75 Å². The Morgan fingerprint density at radius 3 is 2.70 bits per heavy atom. The third kappa shape index (κ3) is 2.76. The molecule has 0 spiro atoms. The first-order valence-electron chi connectivity index (χ1n) is 5.96. The average molecular weight is 313 g/mol. The van der Waals surface area contributed by atoms with Crippen LogP contribution in [0.1, 0.15) is 21.9 Å². The summed E-state index contributed by atoms with van der Waals surface area (Å²) in [5, 5.41) is 9.77. The van der Waals surface area contributed by atoms with Crippen LogP contribution in [-0.2, 0) is 4.79 Å². The minimum absolute atomic E-state index is 0.302. The molecule has 1 amide bonds. The Hall–Kier alpha value is -1.28. The molecule has 2 heterocycles. The van der Waals surface area contributed by atoms with Crippen LogP contribution in [0.2, 0.25) is 0 Å². The highest BCUT2D eigenvalue weighted by Gasteiger charge is 2.36. The molecule has 0 saturated carbocycles. The van der Waals surface area contributed by atoms with Gasteiger partial charge in [0.25, 0.3) is 5.91 Å². The molecule has 1 aromatic heterocycles. The predicted octanol–water partition coefficient (Wildman–Crippen LogP) is 1.42. The van der Waals surface area contributed by atoms with E-state index in [1.54, 1.807) is 13.8 Å². The van der Waals surface area contributed by atoms with E-state index in [4.69, 9.17) is 0 Å². The summed E-state index contributed by atoms with van der Waals surface area (Å²) in [7, 11) is 0. The summed E-state index contributed by atoms with van der Waals surface area (Å²) in [5.74, 6) is 0.135. The predicted molar refractivity (Wildman–Crippen MR) is 78.2 cm³/mol. The first-order valence-corrected chi connectivity index (χ1v) is 8.34. The molecule has 1 aliphatic rings. The first kappa shape index (κ1) is 15.1. The number of thioether (sulfide) groups is 2. The Balaban J connectivity index is 2.41. The number of carboxylic acids is 1. The molecule has 6 nitrogen and oxygen atoms in total. The van der Waals surface area contributed by atoms with E-state index in [0.717, 1.165) is 0 Å². The van der Waals surface area contributed by atoms with Crippen LogP contribution in [0.15, 0.2) is 5.03 Å². The SMILES string of the molecule is CSc1nc(C)nc(C)c1C(=O)N1CSCC1C(=O)O. The van der Waals surface area contributed by atoms with Crippen molar-refractivity contribution in [3.05, 3.63) is 17.1 Å². The number of aromatic nitrogens is 2. The van der Waals surface area contributed by atoms with E-state index in [0.29, 0.717) is 33.7 Å². The summed E-state index contributed by atoms with van der Waals surface area (Å²) in [6.45, 7) is 3.52. The van der Waals surface area contributed by atoms with Gasteiger partial charge in [0.15, 0.2) is 0 Å². The Morgan fingerprint density at radius 2 is 2.10 bits per heavy atom. The molecule has 1 atom stereocenters. The molecule has 1 saturated heterocycles. The molecular weight excluding hydrogens is 298 g/mol. The fourth-order valence-corrected chi connectivity index (χ4v) is 3.87. The molecule has 1 aliphatic heterocycles. The van der Waals surface area contributed by atoms with Crippen LogP contribution in [0.3, 0.4) is 0 Å². The van der Waals surface area contributed by atoms with Gasteiger partial charge >= 0.3 is 5.97 Å². The van der Waals surface area contributed by atoms with Crippen LogP contribution in [0.5, 0.6) is 0 Å². The van der Waals surface area contributed by atoms with Gasteiger partial charge in [-0.1, -0.05) is 0 Å². The summed E-state index contributed by atoms with van der Waals surface area (Å²) in [4.78, 5) is 33.7. The number of aryl methyl sites for hydroxylation is 2. The zero-order valence-corrected chi connectivity index (χ0v) is 13.0. The van der Waals surface area contributed by atoms with Crippen molar-refractivity contribution in [1.29, 1.82) is 0 Å². The van der Waals surface area contributed by atoms with E-state index in [2.05, 4.69) is 9.97 Å². The molecule has 1 unspecified atom stereocenters. The average Bonchev–Trinajstić information content (AvgIpc) is 2.86. The van der Waals surface area contributed by atoms with E-state index in [1.165, 1.54) is 28.4 Å². The van der Waals surface area contributed by atoms with Crippen molar-refractivity contribution in [1.82, 2.24) is 14.9 Å². The van der Waals surface area contributed by atoms with Gasteiger partial charge < -0.3 is 10.0 Å². The number of nitrogens with zero attached hydrogens (tertiary/aromatic N) is 3. The smallest absolute Gasteiger partial charge is 0.327 e. The summed E-state index contributed by atoms with van der Waals surface area (Å²) >= 11 is 2.81. The molecule has 108 valence electrons. The van der Waals surface area contributed by atoms with Crippen molar-refractivity contribution in [2.75, 3.05) is 17.9 Å². The maximum absolute atomic E-state index is 12.6. The van der Waals surface area contributed by atoms with Gasteiger partial charge in [-0.2, -0.15) is 0 Å². The van der Waals surface area contributed by atoms with Gasteiger partial charge in [0.1, 0.15) is 16.9 Å². The largest absolute Gasteiger partial charge is 0.480 e. The molecule has 0 bridgehead atoms. The Labute approximate surface area is 125 Å². The number of rotatable bonds is 3. The number of hydrogen-bond acceptors (Lipinski definition) is 6. The highest BCUT2D eigenvalue weighted by atomic mass is 32.2. The molecule has 0 radical (unpaired) electrons. The van der Waals surface area contributed by atoms with Gasteiger partial charge in [-0.15, -0.1) is 23.5 Å². The lowest BCUT2D eigenvalue weighted by molar-refractivity contribution is -0.140. The van der Waals surface area contributed by atoms with Crippen LogP contribution in [0.25, 0.3) is 0 Å². The van der Waals surface area contributed by atoms with E-state index >= 15 is 0 Å². The second-order valence-corrected chi connectivity index (χ2v) is 6.16. The van der Waals surface area contributed by atoms with E-state index < -0.39 is 12.0 Å². The lowest BCUT2D eigenvalue weighted by Crippen LogP contribution is -2.42. The van der Waals surface area contributed by atoms with Gasteiger partial charge in [0.2, 0.25) is 0 Å². The number of amides is 1. The molecule has 2 rings (SSSR count). The molecule has 0 aliphatic carbocycles. The summed E-state index contributed by atoms with van der Waals surface area (Å²) in [6, 6.07) is -0.775. The third-order valence-electron chi connectivity index (χ3n) is 3.00. The van der Waals surface area contributed by atoms with E-state index in [1.807, 2.05) is 6.26 Å². The zero-order valence-electron chi connectivity index (χ0n) is 11.4. The number of hydrogen-bond donors (Lipinski definition) is 1. The first-order chi connectivity index (χ1) is 9.45. The summed E-state index contributed by atoms with van der Waals surface area (Å²) in [5.41, 5.74) is 1.00. The summed E-state index contributed by atoms with van der Waals surface area (Å²) in [6.07, 6.45) is 1.84. The van der Waals surface area contributed by atoms with Crippen molar-refractivity contribution >= 4 is 35.4 Å². The number of aliphatic carboxylic acids is 1. The number of carboxylic acid groups (broad SMARTS) is 1. The molecular formula is C12H15N3O3S2. The number of carbonyl (C=O) groups excluding carboxylic acids is 1. The molecule has 1 aromatic rings. The number of carbonyl (C=O) groups is 2. The molecule has 1 N–H and O–H groups in total. The fourth-order valence-electron chi connectivity index (χ4n) is 2.07. The quantitative estimate of drug-likeness (QED) is 0.667. The highest BCUT2D eigenvalue weighted by Crippen LogP contribution is 2.27. The van der Waals surface area contributed by atoms with Crippen molar-refractivity contribution in [3.8, 4) is 0 Å². The second kappa shape index (κ2) is 6.01. The van der Waals surface area contributed by atoms with Crippen LogP contribution >= 0.6 is 23.5 Å². The van der Waals surface area contributed by atoms with Crippen LogP contribution < -0.4 is 0 Å².